The predicted octanol–water partition coefficient (Wildman–Crippen LogP) is 4.54. The number of aromatic nitrogens is 5. The molecule has 188 valence electrons. The molecule has 1 fully saturated rings. The van der Waals surface area contributed by atoms with Gasteiger partial charge in [0.05, 0.1) is 13.7 Å². The monoisotopic (exact) mass is 486 g/mol. The van der Waals surface area contributed by atoms with Gasteiger partial charge in [0, 0.05) is 22.5 Å². The van der Waals surface area contributed by atoms with E-state index in [0.717, 1.165) is 46.2 Å². The summed E-state index contributed by atoms with van der Waals surface area (Å²) >= 11 is 0. The summed E-state index contributed by atoms with van der Waals surface area (Å²) in [5, 5.41) is 13.9. The number of H-pyrrole nitrogens is 1. The van der Waals surface area contributed by atoms with Crippen LogP contribution in [-0.4, -0.2) is 50.3 Å². The maximum absolute atomic E-state index is 13.5. The molecule has 4 aromatic rings. The molecule has 1 saturated carbocycles. The highest BCUT2D eigenvalue weighted by Crippen LogP contribution is 2.33. The van der Waals surface area contributed by atoms with Crippen LogP contribution in [0.1, 0.15) is 66.2 Å². The number of aryl methyl sites for hydroxylation is 2. The maximum Gasteiger partial charge on any atom is 0.253 e. The molecule has 8 heteroatoms. The molecule has 1 N–H and O–H groups in total. The van der Waals surface area contributed by atoms with E-state index >= 15 is 0 Å². The van der Waals surface area contributed by atoms with Gasteiger partial charge in [0.1, 0.15) is 11.8 Å². The Labute approximate surface area is 211 Å². The highest BCUT2D eigenvalue weighted by atomic mass is 16.5. The predicted molar refractivity (Wildman–Crippen MR) is 140 cm³/mol. The van der Waals surface area contributed by atoms with E-state index in [0.29, 0.717) is 24.0 Å². The van der Waals surface area contributed by atoms with Crippen molar-refractivity contribution in [2.24, 2.45) is 0 Å². The Bertz CT molecular complexity index is 1400. The molecule has 1 atom stereocenters. The van der Waals surface area contributed by atoms with E-state index in [9.17, 15) is 4.79 Å². The van der Waals surface area contributed by atoms with Gasteiger partial charge in [-0.1, -0.05) is 37.5 Å². The number of ether oxygens (including phenoxy) is 1. The van der Waals surface area contributed by atoms with E-state index in [-0.39, 0.29) is 11.6 Å². The summed E-state index contributed by atoms with van der Waals surface area (Å²) in [6.45, 7) is 4.64. The van der Waals surface area contributed by atoms with Gasteiger partial charge in [-0.15, -0.1) is 5.10 Å². The van der Waals surface area contributed by atoms with Gasteiger partial charge in [-0.2, -0.15) is 0 Å². The number of nitrogens with zero attached hydrogens (tertiary/aromatic N) is 5. The molecule has 1 aliphatic carbocycles. The van der Waals surface area contributed by atoms with E-state index in [4.69, 9.17) is 4.74 Å². The van der Waals surface area contributed by atoms with Crippen LogP contribution >= 0.6 is 0 Å². The van der Waals surface area contributed by atoms with Gasteiger partial charge in [0.2, 0.25) is 0 Å². The molecule has 0 amide bonds. The number of nitrogens with one attached hydrogen (secondary N) is 1. The second kappa shape index (κ2) is 10.2. The Morgan fingerprint density at radius 3 is 2.58 bits per heavy atom. The summed E-state index contributed by atoms with van der Waals surface area (Å²) in [5.74, 6) is 1.48. The van der Waals surface area contributed by atoms with Gasteiger partial charge in [0.25, 0.3) is 5.56 Å². The fraction of sp³-hybridized carbons (Fsp3) is 0.429. The van der Waals surface area contributed by atoms with Crippen molar-refractivity contribution in [2.75, 3.05) is 14.2 Å². The molecule has 5 rings (SSSR count). The van der Waals surface area contributed by atoms with Gasteiger partial charge < -0.3 is 9.72 Å². The number of aromatic amines is 1. The Morgan fingerprint density at radius 2 is 1.86 bits per heavy atom. The number of hydrogen-bond acceptors (Lipinski definition) is 6. The van der Waals surface area contributed by atoms with E-state index in [2.05, 4.69) is 45.4 Å². The molecule has 36 heavy (non-hydrogen) atoms. The number of methoxy groups -OCH3 is 1. The first-order chi connectivity index (χ1) is 17.4. The molecule has 2 aromatic heterocycles. The van der Waals surface area contributed by atoms with Crippen LogP contribution in [0.15, 0.2) is 47.3 Å². The van der Waals surface area contributed by atoms with Crippen LogP contribution in [-0.2, 0) is 6.54 Å². The molecule has 0 radical (unpaired) electrons. The van der Waals surface area contributed by atoms with E-state index < -0.39 is 0 Å². The normalized spacial score (nSPS) is 15.5. The van der Waals surface area contributed by atoms with Gasteiger partial charge >= 0.3 is 0 Å². The minimum atomic E-state index is -0.366. The number of benzene rings is 2. The zero-order chi connectivity index (χ0) is 25.2. The lowest BCUT2D eigenvalue weighted by molar-refractivity contribution is 0.149. The molecule has 8 nitrogen and oxygen atoms in total. The molecule has 0 spiro atoms. The second-order valence-electron chi connectivity index (χ2n) is 10.00. The first-order valence-corrected chi connectivity index (χ1v) is 12.7. The van der Waals surface area contributed by atoms with Gasteiger partial charge in [-0.05, 0) is 85.1 Å². The Kier molecular flexibility index (Phi) is 6.87. The third-order valence-electron chi connectivity index (χ3n) is 7.49. The topological polar surface area (TPSA) is 88.9 Å². The molecule has 0 saturated heterocycles. The van der Waals surface area contributed by atoms with Crippen molar-refractivity contribution < 1.29 is 4.74 Å². The molecule has 0 bridgehead atoms. The molecular weight excluding hydrogens is 452 g/mol. The summed E-state index contributed by atoms with van der Waals surface area (Å²) < 4.78 is 7.11. The Hall–Kier alpha value is -3.52. The van der Waals surface area contributed by atoms with Crippen LogP contribution in [0, 0.1) is 13.8 Å². The third-order valence-corrected chi connectivity index (χ3v) is 7.49. The minimum Gasteiger partial charge on any atom is -0.497 e. The molecular formula is C28H34N6O2. The highest BCUT2D eigenvalue weighted by molar-refractivity contribution is 5.83. The summed E-state index contributed by atoms with van der Waals surface area (Å²) in [4.78, 5) is 19.0. The van der Waals surface area contributed by atoms with Gasteiger partial charge in [-0.3, -0.25) is 9.69 Å². The van der Waals surface area contributed by atoms with Gasteiger partial charge in [-0.25, -0.2) is 4.68 Å². The van der Waals surface area contributed by atoms with Crippen molar-refractivity contribution in [3.63, 3.8) is 0 Å². The van der Waals surface area contributed by atoms with Gasteiger partial charge in [0.15, 0.2) is 5.82 Å². The zero-order valence-electron chi connectivity index (χ0n) is 21.5. The molecule has 2 aromatic carbocycles. The molecule has 2 heterocycles. The summed E-state index contributed by atoms with van der Waals surface area (Å²) in [5.41, 5.74) is 4.76. The molecule has 0 aliphatic heterocycles. The lowest BCUT2D eigenvalue weighted by Crippen LogP contribution is -2.40. The first-order valence-electron chi connectivity index (χ1n) is 12.7. The van der Waals surface area contributed by atoms with Crippen LogP contribution in [0.25, 0.3) is 10.9 Å². The number of fused-ring (bicyclic) bond motifs is 1. The van der Waals surface area contributed by atoms with Crippen LogP contribution in [0.4, 0.5) is 0 Å². The number of pyridine rings is 1. The highest BCUT2D eigenvalue weighted by Gasteiger charge is 2.33. The smallest absolute Gasteiger partial charge is 0.253 e. The molecule has 1 aliphatic rings. The van der Waals surface area contributed by atoms with Crippen molar-refractivity contribution in [1.29, 1.82) is 0 Å². The fourth-order valence-electron chi connectivity index (χ4n) is 5.56. The van der Waals surface area contributed by atoms with Crippen LogP contribution in [0.2, 0.25) is 0 Å². The SMILES string of the molecule is COc1ccc(Cn2nnnc2[C@@H](c2cc3c(C)cc(C)cc3[nH]c2=O)N(C)C2CCCCC2)cc1. The van der Waals surface area contributed by atoms with Crippen molar-refractivity contribution in [2.45, 2.75) is 64.6 Å². The van der Waals surface area contributed by atoms with Crippen molar-refractivity contribution in [3.05, 3.63) is 80.9 Å². The van der Waals surface area contributed by atoms with Crippen molar-refractivity contribution in [3.8, 4) is 5.75 Å². The second-order valence-corrected chi connectivity index (χ2v) is 10.00. The van der Waals surface area contributed by atoms with E-state index in [1.54, 1.807) is 7.11 Å². The lowest BCUT2D eigenvalue weighted by atomic mass is 9.92. The number of rotatable bonds is 7. The van der Waals surface area contributed by atoms with Crippen LogP contribution < -0.4 is 10.3 Å². The first kappa shape index (κ1) is 24.2. The maximum atomic E-state index is 13.5. The number of hydrogen-bond donors (Lipinski definition) is 1. The largest absolute Gasteiger partial charge is 0.497 e. The third kappa shape index (κ3) is 4.78. The zero-order valence-corrected chi connectivity index (χ0v) is 21.5. The Balaban J connectivity index is 1.61. The van der Waals surface area contributed by atoms with E-state index in [1.165, 1.54) is 19.3 Å². The quantitative estimate of drug-likeness (QED) is 0.413. The van der Waals surface area contributed by atoms with Crippen LogP contribution in [0.5, 0.6) is 5.75 Å². The summed E-state index contributed by atoms with van der Waals surface area (Å²) in [6, 6.07) is 14.1. The average Bonchev–Trinajstić information content (AvgIpc) is 3.33. The minimum absolute atomic E-state index is 0.0980. The Morgan fingerprint density at radius 1 is 1.11 bits per heavy atom. The van der Waals surface area contributed by atoms with Crippen molar-refractivity contribution in [1.82, 2.24) is 30.1 Å². The lowest BCUT2D eigenvalue weighted by Gasteiger charge is -2.36. The summed E-state index contributed by atoms with van der Waals surface area (Å²) in [6.07, 6.45) is 5.88. The summed E-state index contributed by atoms with van der Waals surface area (Å²) in [7, 11) is 3.77. The number of tetrazole rings is 1. The molecule has 0 unspecified atom stereocenters. The average molecular weight is 487 g/mol. The van der Waals surface area contributed by atoms with E-state index in [1.807, 2.05) is 48.0 Å². The van der Waals surface area contributed by atoms with Crippen molar-refractivity contribution >= 4 is 10.9 Å². The fourth-order valence-corrected chi connectivity index (χ4v) is 5.56. The standard InChI is InChI=1S/C28H34N6O2/c1-18-14-19(2)23-16-24(28(35)29-25(23)15-18)26(33(3)21-8-6-5-7-9-21)27-30-31-32-34(27)17-20-10-12-22(36-4)13-11-20/h10-16,21,26H,5-9,17H2,1-4H3,(H,29,35)/t26-/m1/s1. The van der Waals surface area contributed by atoms with Crippen LogP contribution in [0.3, 0.4) is 0 Å².